The molecular formula is C26H29F2N3O4. The summed E-state index contributed by atoms with van der Waals surface area (Å²) in [4.78, 5) is 30.8. The molecule has 9 heteroatoms. The lowest BCUT2D eigenvalue weighted by Gasteiger charge is -2.31. The maximum atomic E-state index is 13.5. The van der Waals surface area contributed by atoms with E-state index in [4.69, 9.17) is 4.74 Å². The van der Waals surface area contributed by atoms with Gasteiger partial charge >= 0.3 is 5.97 Å². The van der Waals surface area contributed by atoms with Crippen LogP contribution in [0.2, 0.25) is 0 Å². The highest BCUT2D eigenvalue weighted by Gasteiger charge is 2.36. The molecule has 1 aromatic carbocycles. The number of hydrogen-bond acceptors (Lipinski definition) is 5. The first-order valence-corrected chi connectivity index (χ1v) is 11.6. The zero-order valence-electron chi connectivity index (χ0n) is 20.1. The fourth-order valence-electron chi connectivity index (χ4n) is 4.25. The summed E-state index contributed by atoms with van der Waals surface area (Å²) in [6, 6.07) is 10.5. The van der Waals surface area contributed by atoms with Crippen LogP contribution >= 0.6 is 0 Å². The van der Waals surface area contributed by atoms with Crippen molar-refractivity contribution in [3.05, 3.63) is 59.4 Å². The molecule has 186 valence electrons. The van der Waals surface area contributed by atoms with Crippen molar-refractivity contribution in [2.45, 2.75) is 51.1 Å². The zero-order valence-corrected chi connectivity index (χ0v) is 20.1. The molecule has 35 heavy (non-hydrogen) atoms. The summed E-state index contributed by atoms with van der Waals surface area (Å²) in [6.45, 7) is 3.49. The van der Waals surface area contributed by atoms with Crippen molar-refractivity contribution < 1.29 is 28.2 Å². The number of hydrogen-bond donors (Lipinski definition) is 1. The summed E-state index contributed by atoms with van der Waals surface area (Å²) in [7, 11) is 1.32. The first kappa shape index (κ1) is 24.8. The number of halogens is 2. The number of amides is 1. The van der Waals surface area contributed by atoms with Crippen LogP contribution in [0, 0.1) is 0 Å². The second-order valence-electron chi connectivity index (χ2n) is 9.61. The minimum atomic E-state index is -2.73. The third kappa shape index (κ3) is 5.51. The van der Waals surface area contributed by atoms with Crippen LogP contribution in [-0.4, -0.2) is 63.2 Å². The molecule has 7 nitrogen and oxygen atoms in total. The Morgan fingerprint density at radius 3 is 2.37 bits per heavy atom. The van der Waals surface area contributed by atoms with Gasteiger partial charge < -0.3 is 14.7 Å². The Labute approximate surface area is 202 Å². The second-order valence-corrected chi connectivity index (χ2v) is 9.61. The average Bonchev–Trinajstić information content (AvgIpc) is 3.19. The van der Waals surface area contributed by atoms with Crippen LogP contribution in [0.25, 0.3) is 16.7 Å². The molecule has 2 aromatic heterocycles. The van der Waals surface area contributed by atoms with E-state index in [2.05, 4.69) is 4.98 Å². The van der Waals surface area contributed by atoms with Crippen molar-refractivity contribution in [2.75, 3.05) is 20.2 Å². The molecule has 0 radical (unpaired) electrons. The van der Waals surface area contributed by atoms with Gasteiger partial charge in [0.15, 0.2) is 0 Å². The number of esters is 1. The fraction of sp³-hybridized carbons (Fsp3) is 0.423. The van der Waals surface area contributed by atoms with Gasteiger partial charge in [0, 0.05) is 48.9 Å². The van der Waals surface area contributed by atoms with Gasteiger partial charge in [-0.1, -0.05) is 0 Å². The molecule has 1 N–H and O–H groups in total. The first-order chi connectivity index (χ1) is 16.5. The molecular weight excluding hydrogens is 456 g/mol. The summed E-state index contributed by atoms with van der Waals surface area (Å²) in [5, 5.41) is 11.0. The number of rotatable bonds is 6. The van der Waals surface area contributed by atoms with Gasteiger partial charge in [-0.25, -0.2) is 18.6 Å². The maximum Gasteiger partial charge on any atom is 0.337 e. The third-order valence-corrected chi connectivity index (χ3v) is 6.28. The van der Waals surface area contributed by atoms with Crippen molar-refractivity contribution in [3.8, 4) is 5.69 Å². The number of aryl methyl sites for hydroxylation is 1. The topological polar surface area (TPSA) is 84.7 Å². The van der Waals surface area contributed by atoms with Crippen LogP contribution in [0.5, 0.6) is 0 Å². The Bertz CT molecular complexity index is 1240. The number of aliphatic hydroxyl groups is 1. The third-order valence-electron chi connectivity index (χ3n) is 6.28. The number of alkyl halides is 2. The van der Waals surface area contributed by atoms with E-state index in [1.807, 2.05) is 10.6 Å². The van der Waals surface area contributed by atoms with Gasteiger partial charge in [0.25, 0.3) is 11.8 Å². The number of piperidine rings is 1. The van der Waals surface area contributed by atoms with Crippen molar-refractivity contribution in [1.82, 2.24) is 14.5 Å². The van der Waals surface area contributed by atoms with E-state index in [-0.39, 0.29) is 31.8 Å². The summed E-state index contributed by atoms with van der Waals surface area (Å²) in [5.74, 6) is -3.48. The van der Waals surface area contributed by atoms with Crippen LogP contribution < -0.4 is 0 Å². The maximum absolute atomic E-state index is 13.5. The Morgan fingerprint density at radius 2 is 1.77 bits per heavy atom. The Hall–Kier alpha value is -3.33. The molecule has 3 heterocycles. The molecule has 0 bridgehead atoms. The monoisotopic (exact) mass is 485 g/mol. The first-order valence-electron chi connectivity index (χ1n) is 11.6. The Balaban J connectivity index is 1.70. The van der Waals surface area contributed by atoms with E-state index in [1.165, 1.54) is 18.2 Å². The number of aromatic nitrogens is 2. The predicted octanol–water partition coefficient (Wildman–Crippen LogP) is 4.39. The van der Waals surface area contributed by atoms with Gasteiger partial charge in [0.2, 0.25) is 0 Å². The summed E-state index contributed by atoms with van der Waals surface area (Å²) < 4.78 is 33.7. The quantitative estimate of drug-likeness (QED) is 0.524. The van der Waals surface area contributed by atoms with Gasteiger partial charge in [-0.2, -0.15) is 0 Å². The summed E-state index contributed by atoms with van der Waals surface area (Å²) in [6.07, 6.45) is 1.83. The molecule has 4 rings (SSSR count). The van der Waals surface area contributed by atoms with Crippen LogP contribution in [0.3, 0.4) is 0 Å². The van der Waals surface area contributed by atoms with Crippen LogP contribution in [0.1, 0.15) is 59.5 Å². The molecule has 1 aliphatic rings. The number of carbonyl (C=O) groups is 2. The summed E-state index contributed by atoms with van der Waals surface area (Å²) >= 11 is 0. The van der Waals surface area contributed by atoms with Gasteiger partial charge in [-0.3, -0.25) is 9.36 Å². The van der Waals surface area contributed by atoms with Gasteiger partial charge in [-0.05, 0) is 63.1 Å². The molecule has 0 aliphatic carbocycles. The van der Waals surface area contributed by atoms with Crippen LogP contribution in [0.4, 0.5) is 8.78 Å². The second kappa shape index (κ2) is 9.37. The minimum Gasteiger partial charge on any atom is -0.465 e. The fourth-order valence-corrected chi connectivity index (χ4v) is 4.25. The lowest BCUT2D eigenvalue weighted by atomic mass is 10.0. The Kier molecular flexibility index (Phi) is 6.64. The van der Waals surface area contributed by atoms with Gasteiger partial charge in [-0.15, -0.1) is 0 Å². The lowest BCUT2D eigenvalue weighted by Crippen LogP contribution is -2.42. The van der Waals surface area contributed by atoms with Crippen molar-refractivity contribution in [3.63, 3.8) is 0 Å². The molecule has 0 atom stereocenters. The number of ether oxygens (including phenoxy) is 1. The van der Waals surface area contributed by atoms with E-state index < -0.39 is 17.5 Å². The zero-order chi connectivity index (χ0) is 25.4. The van der Waals surface area contributed by atoms with E-state index in [0.29, 0.717) is 29.6 Å². The molecule has 1 aliphatic heterocycles. The van der Waals surface area contributed by atoms with Crippen molar-refractivity contribution in [2.24, 2.45) is 0 Å². The number of methoxy groups -OCH3 is 1. The molecule has 1 saturated heterocycles. The van der Waals surface area contributed by atoms with E-state index in [0.717, 1.165) is 16.8 Å². The number of fused-ring (bicyclic) bond motifs is 1. The summed E-state index contributed by atoms with van der Waals surface area (Å²) in [5.41, 5.74) is 2.14. The highest BCUT2D eigenvalue weighted by molar-refractivity contribution is 5.97. The number of benzene rings is 1. The SMILES string of the molecule is COC(=O)c1ccc(-n2c(CCC(C)(C)O)cc3cc(C(=O)N4CCC(F)(F)CC4)cnc32)cc1. The van der Waals surface area contributed by atoms with E-state index in [1.54, 1.807) is 44.2 Å². The van der Waals surface area contributed by atoms with Gasteiger partial charge in [0.05, 0.1) is 23.8 Å². The number of pyridine rings is 1. The number of carbonyl (C=O) groups excluding carboxylic acids is 2. The Morgan fingerprint density at radius 1 is 1.11 bits per heavy atom. The smallest absolute Gasteiger partial charge is 0.337 e. The van der Waals surface area contributed by atoms with E-state index in [9.17, 15) is 23.5 Å². The lowest BCUT2D eigenvalue weighted by molar-refractivity contribution is -0.0494. The number of nitrogens with zero attached hydrogens (tertiary/aromatic N) is 3. The normalized spacial score (nSPS) is 15.9. The molecule has 0 spiro atoms. The van der Waals surface area contributed by atoms with Crippen molar-refractivity contribution >= 4 is 22.9 Å². The largest absolute Gasteiger partial charge is 0.465 e. The standard InChI is InChI=1S/C26H29F2N3O4/c1-25(2,34)9-8-21-15-18-14-19(23(32)30-12-10-26(27,28)11-13-30)16-29-22(18)31(21)20-6-4-17(5-7-20)24(33)35-3/h4-7,14-16,34H,8-13H2,1-3H3. The number of likely N-dealkylation sites (tertiary alicyclic amines) is 1. The highest BCUT2D eigenvalue weighted by Crippen LogP contribution is 2.30. The van der Waals surface area contributed by atoms with Gasteiger partial charge in [0.1, 0.15) is 5.65 Å². The van der Waals surface area contributed by atoms with Crippen LogP contribution in [-0.2, 0) is 11.2 Å². The molecule has 1 fully saturated rings. The highest BCUT2D eigenvalue weighted by atomic mass is 19.3. The molecule has 3 aromatic rings. The molecule has 0 unspecified atom stereocenters. The molecule has 1 amide bonds. The molecule has 0 saturated carbocycles. The average molecular weight is 486 g/mol. The van der Waals surface area contributed by atoms with E-state index >= 15 is 0 Å². The van der Waals surface area contributed by atoms with Crippen LogP contribution in [0.15, 0.2) is 42.6 Å². The minimum absolute atomic E-state index is 0.00819. The predicted molar refractivity (Wildman–Crippen MR) is 127 cm³/mol. The van der Waals surface area contributed by atoms with Crippen molar-refractivity contribution in [1.29, 1.82) is 0 Å².